The maximum absolute atomic E-state index is 12.3. The van der Waals surface area contributed by atoms with Gasteiger partial charge in [0.15, 0.2) is 16.7 Å². The van der Waals surface area contributed by atoms with Crippen LogP contribution >= 0.6 is 27.7 Å². The Hall–Kier alpha value is -1.80. The molecule has 1 heterocycles. The fraction of sp³-hybridized carbons (Fsp3) is 0.312. The molecule has 1 aliphatic rings. The molecule has 2 rings (SSSR count). The number of amidine groups is 1. The van der Waals surface area contributed by atoms with Gasteiger partial charge in [0, 0.05) is 25.5 Å². The van der Waals surface area contributed by atoms with Crippen molar-refractivity contribution in [2.75, 3.05) is 20.7 Å². The van der Waals surface area contributed by atoms with Crippen molar-refractivity contribution in [2.24, 2.45) is 4.99 Å². The van der Waals surface area contributed by atoms with Gasteiger partial charge >= 0.3 is 5.97 Å². The number of ether oxygens (including phenoxy) is 2. The Labute approximate surface area is 153 Å². The van der Waals surface area contributed by atoms with Crippen molar-refractivity contribution in [3.63, 3.8) is 0 Å². The SMILES string of the molecule is CCOc1cc(C=C2SC(=NC)N(C)C2=O)c(Br)cc1OC(C)=O. The molecular weight excluding hydrogens is 396 g/mol. The lowest BCUT2D eigenvalue weighted by atomic mass is 10.2. The molecule has 0 saturated carbocycles. The normalized spacial score (nSPS) is 17.7. The van der Waals surface area contributed by atoms with E-state index in [0.29, 0.717) is 32.7 Å². The van der Waals surface area contributed by atoms with Crippen LogP contribution in [-0.2, 0) is 9.59 Å². The summed E-state index contributed by atoms with van der Waals surface area (Å²) >= 11 is 4.75. The maximum Gasteiger partial charge on any atom is 0.308 e. The van der Waals surface area contributed by atoms with E-state index in [4.69, 9.17) is 9.47 Å². The van der Waals surface area contributed by atoms with Crippen LogP contribution in [0.5, 0.6) is 11.5 Å². The monoisotopic (exact) mass is 412 g/mol. The number of halogens is 1. The summed E-state index contributed by atoms with van der Waals surface area (Å²) in [6, 6.07) is 3.38. The maximum atomic E-state index is 12.3. The first-order chi connectivity index (χ1) is 11.4. The first-order valence-electron chi connectivity index (χ1n) is 7.16. The minimum atomic E-state index is -0.430. The van der Waals surface area contributed by atoms with Gasteiger partial charge in [-0.15, -0.1) is 0 Å². The highest BCUT2D eigenvalue weighted by molar-refractivity contribution is 9.10. The number of likely N-dealkylation sites (N-methyl/N-ethyl adjacent to an activating group) is 1. The number of carbonyl (C=O) groups excluding carboxylic acids is 2. The topological polar surface area (TPSA) is 68.2 Å². The summed E-state index contributed by atoms with van der Waals surface area (Å²) < 4.78 is 11.4. The van der Waals surface area contributed by atoms with E-state index in [-0.39, 0.29) is 5.91 Å². The van der Waals surface area contributed by atoms with Crippen molar-refractivity contribution in [1.29, 1.82) is 0 Å². The number of amides is 1. The molecule has 24 heavy (non-hydrogen) atoms. The van der Waals surface area contributed by atoms with Crippen LogP contribution in [0.2, 0.25) is 0 Å². The quantitative estimate of drug-likeness (QED) is 0.431. The van der Waals surface area contributed by atoms with Crippen LogP contribution in [0.4, 0.5) is 0 Å². The van der Waals surface area contributed by atoms with Crippen LogP contribution in [0.3, 0.4) is 0 Å². The van der Waals surface area contributed by atoms with Crippen molar-refractivity contribution in [1.82, 2.24) is 4.90 Å². The lowest BCUT2D eigenvalue weighted by Crippen LogP contribution is -2.23. The zero-order valence-corrected chi connectivity index (χ0v) is 16.2. The molecule has 0 unspecified atom stereocenters. The third-order valence-corrected chi connectivity index (χ3v) is 4.94. The van der Waals surface area contributed by atoms with Crippen LogP contribution < -0.4 is 9.47 Å². The molecule has 6 nitrogen and oxygen atoms in total. The number of aliphatic imine (C=N–C) groups is 1. The van der Waals surface area contributed by atoms with Crippen molar-refractivity contribution in [2.45, 2.75) is 13.8 Å². The highest BCUT2D eigenvalue weighted by Crippen LogP contribution is 2.37. The number of nitrogens with zero attached hydrogens (tertiary/aromatic N) is 2. The molecule has 0 bridgehead atoms. The molecule has 0 spiro atoms. The number of benzene rings is 1. The lowest BCUT2D eigenvalue weighted by molar-refractivity contribution is -0.132. The molecule has 1 fully saturated rings. The van der Waals surface area contributed by atoms with E-state index in [9.17, 15) is 9.59 Å². The first-order valence-corrected chi connectivity index (χ1v) is 8.77. The molecule has 0 aliphatic carbocycles. The molecule has 0 aromatic heterocycles. The van der Waals surface area contributed by atoms with Crippen LogP contribution in [0.15, 0.2) is 26.5 Å². The van der Waals surface area contributed by atoms with E-state index >= 15 is 0 Å². The predicted octanol–water partition coefficient (Wildman–Crippen LogP) is 3.31. The second-order valence-electron chi connectivity index (χ2n) is 4.83. The minimum Gasteiger partial charge on any atom is -0.490 e. The number of carbonyl (C=O) groups is 2. The summed E-state index contributed by atoms with van der Waals surface area (Å²) in [5.41, 5.74) is 0.746. The van der Waals surface area contributed by atoms with Crippen molar-refractivity contribution in [3.05, 3.63) is 27.1 Å². The average molecular weight is 413 g/mol. The van der Waals surface area contributed by atoms with Gasteiger partial charge in [-0.25, -0.2) is 0 Å². The van der Waals surface area contributed by atoms with Gasteiger partial charge < -0.3 is 9.47 Å². The number of esters is 1. The summed E-state index contributed by atoms with van der Waals surface area (Å²) in [6.07, 6.45) is 1.76. The third kappa shape index (κ3) is 3.99. The summed E-state index contributed by atoms with van der Waals surface area (Å²) in [7, 11) is 3.33. The number of rotatable bonds is 4. The largest absolute Gasteiger partial charge is 0.490 e. The molecule has 0 atom stereocenters. The van der Waals surface area contributed by atoms with Crippen LogP contribution in [-0.4, -0.2) is 42.6 Å². The molecule has 8 heteroatoms. The van der Waals surface area contributed by atoms with Gasteiger partial charge in [-0.05, 0) is 42.5 Å². The standard InChI is InChI=1S/C16H17BrN2O4S/c1-5-22-12-6-10(11(17)8-13(12)23-9(2)20)7-14-15(21)19(4)16(18-3)24-14/h6-8H,5H2,1-4H3. The first kappa shape index (κ1) is 18.5. The zero-order chi connectivity index (χ0) is 17.9. The van der Waals surface area contributed by atoms with Gasteiger partial charge in [0.2, 0.25) is 0 Å². The Bertz CT molecular complexity index is 746. The molecular formula is C16H17BrN2O4S. The molecule has 0 radical (unpaired) electrons. The Morgan fingerprint density at radius 2 is 2.12 bits per heavy atom. The van der Waals surface area contributed by atoms with Crippen molar-refractivity contribution < 1.29 is 19.1 Å². The van der Waals surface area contributed by atoms with Gasteiger partial charge in [0.05, 0.1) is 11.5 Å². The second kappa shape index (κ2) is 7.85. The average Bonchev–Trinajstić information content (AvgIpc) is 2.79. The summed E-state index contributed by atoms with van der Waals surface area (Å²) in [5.74, 6) is 0.225. The number of hydrogen-bond acceptors (Lipinski definition) is 6. The Morgan fingerprint density at radius 3 is 2.67 bits per heavy atom. The molecule has 128 valence electrons. The summed E-state index contributed by atoms with van der Waals surface area (Å²) in [4.78, 5) is 29.6. The van der Waals surface area contributed by atoms with Gasteiger partial charge in [-0.1, -0.05) is 15.9 Å². The van der Waals surface area contributed by atoms with E-state index in [1.165, 1.54) is 23.6 Å². The summed E-state index contributed by atoms with van der Waals surface area (Å²) in [6.45, 7) is 3.59. The zero-order valence-electron chi connectivity index (χ0n) is 13.8. The molecule has 1 aromatic carbocycles. The highest BCUT2D eigenvalue weighted by Gasteiger charge is 2.30. The number of thioether (sulfide) groups is 1. The van der Waals surface area contributed by atoms with Gasteiger partial charge in [-0.3, -0.25) is 19.5 Å². The fourth-order valence-electron chi connectivity index (χ4n) is 2.06. The van der Waals surface area contributed by atoms with E-state index < -0.39 is 5.97 Å². The Kier molecular flexibility index (Phi) is 6.06. The predicted molar refractivity (Wildman–Crippen MR) is 98.3 cm³/mol. The molecule has 1 aliphatic heterocycles. The second-order valence-corrected chi connectivity index (χ2v) is 6.69. The van der Waals surface area contributed by atoms with E-state index in [1.54, 1.807) is 32.3 Å². The van der Waals surface area contributed by atoms with Crippen molar-refractivity contribution >= 4 is 50.8 Å². The van der Waals surface area contributed by atoms with E-state index in [2.05, 4.69) is 20.9 Å². The lowest BCUT2D eigenvalue weighted by Gasteiger charge is -2.12. The van der Waals surface area contributed by atoms with Crippen LogP contribution in [0.1, 0.15) is 19.4 Å². The smallest absolute Gasteiger partial charge is 0.308 e. The molecule has 1 saturated heterocycles. The molecule has 1 amide bonds. The summed E-state index contributed by atoms with van der Waals surface area (Å²) in [5, 5.41) is 0.643. The van der Waals surface area contributed by atoms with Crippen LogP contribution in [0.25, 0.3) is 6.08 Å². The van der Waals surface area contributed by atoms with E-state index in [0.717, 1.165) is 5.56 Å². The van der Waals surface area contributed by atoms with Gasteiger partial charge in [-0.2, -0.15) is 0 Å². The molecule has 1 aromatic rings. The fourth-order valence-corrected chi connectivity index (χ4v) is 3.41. The highest BCUT2D eigenvalue weighted by atomic mass is 79.9. The van der Waals surface area contributed by atoms with Gasteiger partial charge in [0.1, 0.15) is 0 Å². The Balaban J connectivity index is 2.44. The van der Waals surface area contributed by atoms with E-state index in [1.807, 2.05) is 6.92 Å². The Morgan fingerprint density at radius 1 is 1.42 bits per heavy atom. The number of hydrogen-bond donors (Lipinski definition) is 0. The third-order valence-electron chi connectivity index (χ3n) is 3.10. The molecule has 0 N–H and O–H groups in total. The van der Waals surface area contributed by atoms with Crippen molar-refractivity contribution in [3.8, 4) is 11.5 Å². The van der Waals surface area contributed by atoms with Crippen LogP contribution in [0, 0.1) is 0 Å². The van der Waals surface area contributed by atoms with Gasteiger partial charge in [0.25, 0.3) is 5.91 Å². The minimum absolute atomic E-state index is 0.116.